The maximum Gasteiger partial charge on any atom is 0.258 e. The lowest BCUT2D eigenvalue weighted by atomic mass is 9.93. The van der Waals surface area contributed by atoms with Gasteiger partial charge < -0.3 is 19.7 Å². The predicted molar refractivity (Wildman–Crippen MR) is 77.6 cm³/mol. The lowest BCUT2D eigenvalue weighted by molar-refractivity contribution is -0.101. The van der Waals surface area contributed by atoms with Crippen molar-refractivity contribution in [2.75, 3.05) is 26.1 Å². The number of hydrogen-bond acceptors (Lipinski definition) is 6. The minimum absolute atomic E-state index is 0.470. The van der Waals surface area contributed by atoms with Crippen molar-refractivity contribution in [3.05, 3.63) is 29.6 Å². The van der Waals surface area contributed by atoms with Crippen molar-refractivity contribution >= 4 is 5.69 Å². The van der Waals surface area contributed by atoms with E-state index in [1.54, 1.807) is 7.11 Å². The second-order valence-corrected chi connectivity index (χ2v) is 5.31. The highest BCUT2D eigenvalue weighted by molar-refractivity contribution is 5.63. The van der Waals surface area contributed by atoms with Crippen molar-refractivity contribution in [1.29, 1.82) is 0 Å². The average Bonchev–Trinajstić information content (AvgIpc) is 3.00. The number of rotatable bonds is 3. The van der Waals surface area contributed by atoms with Gasteiger partial charge in [-0.1, -0.05) is 11.2 Å². The van der Waals surface area contributed by atoms with E-state index in [0.717, 1.165) is 24.0 Å². The third-order valence-corrected chi connectivity index (χ3v) is 4.02. The lowest BCUT2D eigenvalue weighted by Gasteiger charge is -2.32. The smallest absolute Gasteiger partial charge is 0.258 e. The summed E-state index contributed by atoms with van der Waals surface area (Å²) in [6, 6.07) is 5.64. The molecule has 6 heteroatoms. The molecule has 1 aromatic heterocycles. The number of aromatic nitrogens is 2. The summed E-state index contributed by atoms with van der Waals surface area (Å²) in [5, 5.41) is 4.12. The molecular formula is C15H19N3O3. The first-order valence-electron chi connectivity index (χ1n) is 6.98. The summed E-state index contributed by atoms with van der Waals surface area (Å²) in [6.07, 6.45) is 1.44. The molecule has 0 saturated carbocycles. The number of nitrogen functional groups attached to an aromatic ring is 1. The quantitative estimate of drug-likeness (QED) is 0.873. The molecule has 0 radical (unpaired) electrons. The summed E-state index contributed by atoms with van der Waals surface area (Å²) in [4.78, 5) is 4.54. The number of anilines is 1. The maximum atomic E-state index is 5.84. The zero-order chi connectivity index (χ0) is 14.9. The molecule has 0 aliphatic carbocycles. The highest BCUT2D eigenvalue weighted by Crippen LogP contribution is 2.35. The van der Waals surface area contributed by atoms with E-state index in [1.165, 1.54) is 0 Å². The van der Waals surface area contributed by atoms with E-state index in [4.69, 9.17) is 19.7 Å². The third kappa shape index (κ3) is 2.52. The molecule has 21 heavy (non-hydrogen) atoms. The zero-order valence-electron chi connectivity index (χ0n) is 12.3. The number of nitrogens with zero attached hydrogens (tertiary/aromatic N) is 2. The van der Waals surface area contributed by atoms with Crippen LogP contribution in [0.3, 0.4) is 0 Å². The van der Waals surface area contributed by atoms with E-state index in [-0.39, 0.29) is 0 Å². The zero-order valence-corrected chi connectivity index (χ0v) is 12.3. The Kier molecular flexibility index (Phi) is 3.65. The predicted octanol–water partition coefficient (Wildman–Crippen LogP) is 2.28. The fourth-order valence-electron chi connectivity index (χ4n) is 2.61. The molecule has 112 valence electrons. The van der Waals surface area contributed by atoms with Gasteiger partial charge in [-0.3, -0.25) is 0 Å². The minimum atomic E-state index is -0.520. The maximum absolute atomic E-state index is 5.84. The molecule has 1 aliphatic heterocycles. The fraction of sp³-hybridized carbons (Fsp3) is 0.467. The molecule has 2 N–H and O–H groups in total. The van der Waals surface area contributed by atoms with Crippen LogP contribution >= 0.6 is 0 Å². The Balaban J connectivity index is 1.97. The summed E-state index contributed by atoms with van der Waals surface area (Å²) in [5.41, 5.74) is 7.88. The molecule has 2 heterocycles. The summed E-state index contributed by atoms with van der Waals surface area (Å²) >= 11 is 0. The van der Waals surface area contributed by atoms with Crippen LogP contribution in [0.4, 0.5) is 5.69 Å². The molecule has 0 spiro atoms. The largest absolute Gasteiger partial charge is 0.399 e. The number of benzene rings is 1. The van der Waals surface area contributed by atoms with Gasteiger partial charge in [-0.15, -0.1) is 0 Å². The number of nitrogens with two attached hydrogens (primary N) is 1. The molecule has 1 saturated heterocycles. The lowest BCUT2D eigenvalue weighted by Crippen LogP contribution is -2.36. The van der Waals surface area contributed by atoms with Crippen LogP contribution in [0.25, 0.3) is 11.5 Å². The molecule has 0 atom stereocenters. The van der Waals surface area contributed by atoms with Crippen LogP contribution in [-0.2, 0) is 15.1 Å². The van der Waals surface area contributed by atoms with Crippen LogP contribution in [0, 0.1) is 6.92 Å². The van der Waals surface area contributed by atoms with Gasteiger partial charge in [0.2, 0.25) is 5.82 Å². The molecule has 3 rings (SSSR count). The van der Waals surface area contributed by atoms with Gasteiger partial charge in [-0.25, -0.2) is 0 Å². The fourth-order valence-corrected chi connectivity index (χ4v) is 2.61. The topological polar surface area (TPSA) is 83.4 Å². The number of hydrogen-bond donors (Lipinski definition) is 1. The van der Waals surface area contributed by atoms with Crippen molar-refractivity contribution in [2.24, 2.45) is 0 Å². The second-order valence-electron chi connectivity index (χ2n) is 5.31. The SMILES string of the molecule is COC1(c2noc(-c3cc(N)ccc3C)n2)CCOCC1. The summed E-state index contributed by atoms with van der Waals surface area (Å²) < 4.78 is 16.5. The Hall–Kier alpha value is -1.92. The van der Waals surface area contributed by atoms with Crippen molar-refractivity contribution in [3.63, 3.8) is 0 Å². The van der Waals surface area contributed by atoms with Gasteiger partial charge in [0.05, 0.1) is 0 Å². The van der Waals surface area contributed by atoms with Crippen molar-refractivity contribution < 1.29 is 14.0 Å². The standard InChI is InChI=1S/C15H19N3O3/c1-10-3-4-11(16)9-12(10)13-17-14(18-21-13)15(19-2)5-7-20-8-6-15/h3-4,9H,5-8,16H2,1-2H3. The van der Waals surface area contributed by atoms with E-state index in [9.17, 15) is 0 Å². The molecule has 1 fully saturated rings. The Morgan fingerprint density at radius 1 is 1.29 bits per heavy atom. The minimum Gasteiger partial charge on any atom is -0.399 e. The van der Waals surface area contributed by atoms with Crippen LogP contribution in [-0.4, -0.2) is 30.5 Å². The first-order valence-corrected chi connectivity index (χ1v) is 6.98. The Morgan fingerprint density at radius 3 is 2.76 bits per heavy atom. The van der Waals surface area contributed by atoms with E-state index in [0.29, 0.717) is 30.6 Å². The highest BCUT2D eigenvalue weighted by atomic mass is 16.5. The monoisotopic (exact) mass is 289 g/mol. The van der Waals surface area contributed by atoms with E-state index < -0.39 is 5.60 Å². The molecule has 0 amide bonds. The first kappa shape index (κ1) is 14.0. The van der Waals surface area contributed by atoms with Gasteiger partial charge in [0, 0.05) is 44.4 Å². The highest BCUT2D eigenvalue weighted by Gasteiger charge is 2.39. The number of methoxy groups -OCH3 is 1. The van der Waals surface area contributed by atoms with Crippen molar-refractivity contribution in [2.45, 2.75) is 25.4 Å². The second kappa shape index (κ2) is 5.46. The van der Waals surface area contributed by atoms with Crippen LogP contribution in [0.1, 0.15) is 24.2 Å². The molecule has 1 aromatic carbocycles. The van der Waals surface area contributed by atoms with Gasteiger partial charge in [0.15, 0.2) is 0 Å². The average molecular weight is 289 g/mol. The Bertz CT molecular complexity index is 633. The van der Waals surface area contributed by atoms with Crippen molar-refractivity contribution in [1.82, 2.24) is 10.1 Å². The van der Waals surface area contributed by atoms with Crippen LogP contribution in [0.15, 0.2) is 22.7 Å². The summed E-state index contributed by atoms with van der Waals surface area (Å²) in [7, 11) is 1.67. The molecule has 2 aromatic rings. The van der Waals surface area contributed by atoms with Gasteiger partial charge in [0.25, 0.3) is 5.89 Å². The molecule has 0 unspecified atom stereocenters. The molecular weight excluding hydrogens is 270 g/mol. The van der Waals surface area contributed by atoms with Crippen molar-refractivity contribution in [3.8, 4) is 11.5 Å². The van der Waals surface area contributed by atoms with Crippen LogP contribution in [0.2, 0.25) is 0 Å². The molecule has 0 bridgehead atoms. The van der Waals surface area contributed by atoms with Gasteiger partial charge in [-0.2, -0.15) is 4.98 Å². The molecule has 1 aliphatic rings. The molecule has 6 nitrogen and oxygen atoms in total. The van der Waals surface area contributed by atoms with E-state index >= 15 is 0 Å². The third-order valence-electron chi connectivity index (χ3n) is 4.02. The Morgan fingerprint density at radius 2 is 2.05 bits per heavy atom. The van der Waals surface area contributed by atoms with Crippen LogP contribution in [0.5, 0.6) is 0 Å². The van der Waals surface area contributed by atoms with E-state index in [1.807, 2.05) is 25.1 Å². The van der Waals surface area contributed by atoms with Crippen LogP contribution < -0.4 is 5.73 Å². The normalized spacial score (nSPS) is 17.8. The number of aryl methyl sites for hydroxylation is 1. The Labute approximate surface area is 123 Å². The number of ether oxygens (including phenoxy) is 2. The van der Waals surface area contributed by atoms with Gasteiger partial charge in [0.1, 0.15) is 5.60 Å². The summed E-state index contributed by atoms with van der Waals surface area (Å²) in [6.45, 7) is 3.25. The van der Waals surface area contributed by atoms with E-state index in [2.05, 4.69) is 10.1 Å². The summed E-state index contributed by atoms with van der Waals surface area (Å²) in [5.74, 6) is 1.04. The van der Waals surface area contributed by atoms with Gasteiger partial charge in [-0.05, 0) is 24.6 Å². The first-order chi connectivity index (χ1) is 10.1. The van der Waals surface area contributed by atoms with Gasteiger partial charge >= 0.3 is 0 Å².